The third-order valence-corrected chi connectivity index (χ3v) is 2.78. The molecule has 58 valence electrons. The summed E-state index contributed by atoms with van der Waals surface area (Å²) in [6.45, 7) is 2.22. The molecular weight excluding hydrogens is 136 g/mol. The van der Waals surface area contributed by atoms with Crippen LogP contribution in [-0.2, 0) is 4.79 Å². The van der Waals surface area contributed by atoms with Gasteiger partial charge in [0.2, 0.25) is 0 Å². The summed E-state index contributed by atoms with van der Waals surface area (Å²) in [7, 11) is 0. The van der Waals surface area contributed by atoms with Crippen LogP contribution >= 0.6 is 0 Å². The maximum atomic E-state index is 11.0. The fraction of sp³-hybridized carbons (Fsp3) is 0.500. The quantitative estimate of drug-likeness (QED) is 0.481. The van der Waals surface area contributed by atoms with E-state index in [-0.39, 0.29) is 5.41 Å². The molecule has 0 heterocycles. The van der Waals surface area contributed by atoms with Gasteiger partial charge < -0.3 is 0 Å². The van der Waals surface area contributed by atoms with Gasteiger partial charge in [-0.1, -0.05) is 24.6 Å². The minimum Gasteiger partial charge on any atom is -0.295 e. The van der Waals surface area contributed by atoms with E-state index in [0.29, 0.717) is 5.78 Å². The first-order chi connectivity index (χ1) is 5.21. The average molecular weight is 148 g/mol. The molecule has 0 aromatic rings. The number of carbonyl (C=O) groups excluding carboxylic acids is 1. The molecule has 0 saturated heterocycles. The molecule has 0 N–H and O–H groups in total. The van der Waals surface area contributed by atoms with Gasteiger partial charge >= 0.3 is 0 Å². The van der Waals surface area contributed by atoms with Crippen LogP contribution in [0.25, 0.3) is 0 Å². The molecule has 0 bridgehead atoms. The van der Waals surface area contributed by atoms with Crippen molar-refractivity contribution >= 4 is 5.78 Å². The maximum absolute atomic E-state index is 11.0. The van der Waals surface area contributed by atoms with E-state index in [1.807, 2.05) is 6.08 Å². The van der Waals surface area contributed by atoms with Crippen molar-refractivity contribution in [3.63, 3.8) is 0 Å². The standard InChI is InChI=1S/C10H12O/c1-10-5-2-3-8(10)7-9(11)4-6-10/h2,5,7H,3-4,6H2,1H3/t10-/m0/s1. The molecule has 1 nitrogen and oxygen atoms in total. The number of rotatable bonds is 0. The monoisotopic (exact) mass is 148 g/mol. The van der Waals surface area contributed by atoms with Crippen LogP contribution < -0.4 is 0 Å². The van der Waals surface area contributed by atoms with Crippen LogP contribution in [-0.4, -0.2) is 5.78 Å². The summed E-state index contributed by atoms with van der Waals surface area (Å²) in [6.07, 6.45) is 8.97. The van der Waals surface area contributed by atoms with E-state index in [1.165, 1.54) is 5.57 Å². The number of allylic oxidation sites excluding steroid dienone is 4. The van der Waals surface area contributed by atoms with Gasteiger partial charge in [-0.15, -0.1) is 0 Å². The Labute approximate surface area is 66.8 Å². The SMILES string of the molecule is C[C@@]12C=CCC1=CC(=O)CC2. The lowest BCUT2D eigenvalue weighted by Gasteiger charge is -2.27. The first-order valence-electron chi connectivity index (χ1n) is 4.12. The molecule has 2 rings (SSSR count). The van der Waals surface area contributed by atoms with Gasteiger partial charge in [0, 0.05) is 11.8 Å². The number of fused-ring (bicyclic) bond motifs is 1. The van der Waals surface area contributed by atoms with Crippen molar-refractivity contribution in [2.75, 3.05) is 0 Å². The Morgan fingerprint density at radius 1 is 1.55 bits per heavy atom. The van der Waals surface area contributed by atoms with Gasteiger partial charge in [0.05, 0.1) is 0 Å². The topological polar surface area (TPSA) is 17.1 Å². The van der Waals surface area contributed by atoms with Crippen LogP contribution in [0.1, 0.15) is 26.2 Å². The fourth-order valence-corrected chi connectivity index (χ4v) is 1.90. The molecule has 2 aliphatic rings. The van der Waals surface area contributed by atoms with Crippen LogP contribution in [0.15, 0.2) is 23.8 Å². The van der Waals surface area contributed by atoms with E-state index < -0.39 is 0 Å². The lowest BCUT2D eigenvalue weighted by molar-refractivity contribution is -0.115. The highest BCUT2D eigenvalue weighted by Gasteiger charge is 2.32. The Balaban J connectivity index is 2.40. The first kappa shape index (κ1) is 6.84. The zero-order valence-electron chi connectivity index (χ0n) is 6.76. The molecule has 1 atom stereocenters. The molecular formula is C10H12O. The fourth-order valence-electron chi connectivity index (χ4n) is 1.90. The summed E-state index contributed by atoms with van der Waals surface area (Å²) in [5, 5.41) is 0. The number of hydrogen-bond donors (Lipinski definition) is 0. The largest absolute Gasteiger partial charge is 0.295 e. The molecule has 0 saturated carbocycles. The highest BCUT2D eigenvalue weighted by molar-refractivity contribution is 5.92. The van der Waals surface area contributed by atoms with Gasteiger partial charge in [0.1, 0.15) is 0 Å². The van der Waals surface area contributed by atoms with Crippen molar-refractivity contribution in [3.05, 3.63) is 23.8 Å². The smallest absolute Gasteiger partial charge is 0.155 e. The predicted octanol–water partition coefficient (Wildman–Crippen LogP) is 2.24. The molecule has 0 unspecified atom stereocenters. The Hall–Kier alpha value is -0.850. The molecule has 11 heavy (non-hydrogen) atoms. The van der Waals surface area contributed by atoms with Crippen LogP contribution in [0, 0.1) is 5.41 Å². The van der Waals surface area contributed by atoms with Gasteiger partial charge in [0.25, 0.3) is 0 Å². The summed E-state index contributed by atoms with van der Waals surface area (Å²) in [6, 6.07) is 0. The molecule has 2 aliphatic carbocycles. The van der Waals surface area contributed by atoms with E-state index in [1.54, 1.807) is 0 Å². The van der Waals surface area contributed by atoms with Crippen LogP contribution in [0.5, 0.6) is 0 Å². The second-order valence-electron chi connectivity index (χ2n) is 3.66. The third-order valence-electron chi connectivity index (χ3n) is 2.78. The summed E-state index contributed by atoms with van der Waals surface area (Å²) in [5.41, 5.74) is 1.54. The summed E-state index contributed by atoms with van der Waals surface area (Å²) < 4.78 is 0. The summed E-state index contributed by atoms with van der Waals surface area (Å²) in [4.78, 5) is 11.0. The van der Waals surface area contributed by atoms with Gasteiger partial charge in [0.15, 0.2) is 5.78 Å². The minimum atomic E-state index is 0.230. The summed E-state index contributed by atoms with van der Waals surface area (Å²) in [5.74, 6) is 0.307. The highest BCUT2D eigenvalue weighted by atomic mass is 16.1. The third kappa shape index (κ3) is 0.953. The first-order valence-corrected chi connectivity index (χ1v) is 4.12. The van der Waals surface area contributed by atoms with Crippen LogP contribution in [0.4, 0.5) is 0 Å². The second-order valence-corrected chi connectivity index (χ2v) is 3.66. The van der Waals surface area contributed by atoms with Crippen molar-refractivity contribution in [1.82, 2.24) is 0 Å². The molecule has 0 radical (unpaired) electrons. The van der Waals surface area contributed by atoms with E-state index in [9.17, 15) is 4.79 Å². The van der Waals surface area contributed by atoms with Crippen LogP contribution in [0.3, 0.4) is 0 Å². The van der Waals surface area contributed by atoms with Crippen LogP contribution in [0.2, 0.25) is 0 Å². The zero-order chi connectivity index (χ0) is 7.90. The Morgan fingerprint density at radius 3 is 3.18 bits per heavy atom. The van der Waals surface area contributed by atoms with Crippen molar-refractivity contribution in [2.45, 2.75) is 26.2 Å². The minimum absolute atomic E-state index is 0.230. The van der Waals surface area contributed by atoms with Gasteiger partial charge in [-0.25, -0.2) is 0 Å². The van der Waals surface area contributed by atoms with Gasteiger partial charge in [-0.05, 0) is 18.9 Å². The highest BCUT2D eigenvalue weighted by Crippen LogP contribution is 2.43. The average Bonchev–Trinajstić information content (AvgIpc) is 2.31. The lowest BCUT2D eigenvalue weighted by Crippen LogP contribution is -2.19. The van der Waals surface area contributed by atoms with Crippen molar-refractivity contribution in [3.8, 4) is 0 Å². The van der Waals surface area contributed by atoms with Crippen molar-refractivity contribution in [2.24, 2.45) is 5.41 Å². The molecule has 1 heteroatoms. The number of ketones is 1. The van der Waals surface area contributed by atoms with Crippen molar-refractivity contribution in [1.29, 1.82) is 0 Å². The Bertz CT molecular complexity index is 260. The molecule has 0 spiro atoms. The Morgan fingerprint density at radius 2 is 2.36 bits per heavy atom. The normalized spacial score (nSPS) is 35.4. The zero-order valence-corrected chi connectivity index (χ0v) is 6.76. The van der Waals surface area contributed by atoms with E-state index in [4.69, 9.17) is 0 Å². The van der Waals surface area contributed by atoms with Crippen molar-refractivity contribution < 1.29 is 4.79 Å². The number of carbonyl (C=O) groups is 1. The molecule has 0 fully saturated rings. The maximum Gasteiger partial charge on any atom is 0.155 e. The summed E-state index contributed by atoms with van der Waals surface area (Å²) >= 11 is 0. The second kappa shape index (κ2) is 2.07. The Kier molecular flexibility index (Phi) is 1.28. The van der Waals surface area contributed by atoms with E-state index in [0.717, 1.165) is 19.3 Å². The van der Waals surface area contributed by atoms with Gasteiger partial charge in [-0.2, -0.15) is 0 Å². The predicted molar refractivity (Wildman–Crippen MR) is 44.2 cm³/mol. The van der Waals surface area contributed by atoms with Gasteiger partial charge in [-0.3, -0.25) is 4.79 Å². The molecule has 0 amide bonds. The number of hydrogen-bond acceptors (Lipinski definition) is 1. The molecule has 0 aromatic heterocycles. The molecule has 0 aliphatic heterocycles. The molecule has 0 aromatic carbocycles. The lowest BCUT2D eigenvalue weighted by atomic mass is 9.76. The van der Waals surface area contributed by atoms with E-state index in [2.05, 4.69) is 19.1 Å². The van der Waals surface area contributed by atoms with E-state index >= 15 is 0 Å².